The zero-order chi connectivity index (χ0) is 17.3. The molecule has 2 amide bonds. The van der Waals surface area contributed by atoms with E-state index in [-0.39, 0.29) is 17.7 Å². The highest BCUT2D eigenvalue weighted by Gasteiger charge is 2.34. The van der Waals surface area contributed by atoms with Gasteiger partial charge >= 0.3 is 6.03 Å². The van der Waals surface area contributed by atoms with Crippen LogP contribution in [0.25, 0.3) is 0 Å². The van der Waals surface area contributed by atoms with Crippen molar-refractivity contribution in [3.05, 3.63) is 57.5 Å². The third-order valence-corrected chi connectivity index (χ3v) is 4.58. The topological polar surface area (TPSA) is 50.4 Å². The van der Waals surface area contributed by atoms with Crippen LogP contribution in [-0.2, 0) is 0 Å². The minimum absolute atomic E-state index is 0.131. The largest absolute Gasteiger partial charge is 0.487 e. The maximum Gasteiger partial charge on any atom is 0.319 e. The van der Waals surface area contributed by atoms with Gasteiger partial charge in [0.2, 0.25) is 0 Å². The molecule has 24 heavy (non-hydrogen) atoms. The quantitative estimate of drug-likeness (QED) is 0.685. The Morgan fingerprint density at radius 1 is 1.25 bits per heavy atom. The highest BCUT2D eigenvalue weighted by Crippen LogP contribution is 2.40. The van der Waals surface area contributed by atoms with E-state index in [1.807, 2.05) is 32.0 Å². The Morgan fingerprint density at radius 3 is 2.67 bits per heavy atom. The Kier molecular flexibility index (Phi) is 4.74. The summed E-state index contributed by atoms with van der Waals surface area (Å²) in [5.74, 6) is 0.797. The molecule has 6 heteroatoms. The number of urea groups is 1. The molecule has 1 unspecified atom stereocenters. The Morgan fingerprint density at radius 2 is 1.96 bits per heavy atom. The lowest BCUT2D eigenvalue weighted by atomic mass is 9.90. The number of nitrogens with one attached hydrogen (secondary N) is 2. The Bertz CT molecular complexity index is 762. The molecular weight excluding hydrogens is 392 g/mol. The molecule has 0 aliphatic carbocycles. The summed E-state index contributed by atoms with van der Waals surface area (Å²) >= 11 is 9.34. The van der Waals surface area contributed by atoms with Gasteiger partial charge in [-0.25, -0.2) is 4.79 Å². The van der Waals surface area contributed by atoms with Crippen LogP contribution in [0.3, 0.4) is 0 Å². The van der Waals surface area contributed by atoms with E-state index in [0.717, 1.165) is 15.8 Å². The van der Waals surface area contributed by atoms with E-state index < -0.39 is 0 Å². The van der Waals surface area contributed by atoms with Gasteiger partial charge in [-0.1, -0.05) is 27.5 Å². The molecule has 1 aliphatic rings. The molecule has 2 N–H and O–H groups in total. The van der Waals surface area contributed by atoms with Gasteiger partial charge in [-0.2, -0.15) is 0 Å². The summed E-state index contributed by atoms with van der Waals surface area (Å²) in [6.45, 7) is 4.04. The van der Waals surface area contributed by atoms with E-state index in [0.29, 0.717) is 17.1 Å². The molecule has 1 atom stereocenters. The molecule has 126 valence electrons. The summed E-state index contributed by atoms with van der Waals surface area (Å²) in [7, 11) is 0. The van der Waals surface area contributed by atoms with Crippen molar-refractivity contribution in [1.82, 2.24) is 5.32 Å². The molecule has 1 aliphatic heterocycles. The zero-order valence-electron chi connectivity index (χ0n) is 13.4. The second-order valence-electron chi connectivity index (χ2n) is 6.41. The fourth-order valence-electron chi connectivity index (χ4n) is 2.81. The van der Waals surface area contributed by atoms with E-state index in [1.165, 1.54) is 0 Å². The standard InChI is InChI=1S/C18H18BrClN2O2/c1-18(2)10-15(14-9-11(19)3-8-16(14)24-18)22-17(23)21-13-6-4-12(20)5-7-13/h3-9,15H,10H2,1-2H3,(H2,21,22,23). The van der Waals surface area contributed by atoms with Crippen LogP contribution in [-0.4, -0.2) is 11.6 Å². The number of halogens is 2. The predicted octanol–water partition coefficient (Wildman–Crippen LogP) is 5.53. The smallest absolute Gasteiger partial charge is 0.319 e. The molecule has 2 aromatic carbocycles. The molecule has 0 aromatic heterocycles. The Hall–Kier alpha value is -1.72. The minimum atomic E-state index is -0.348. The maximum absolute atomic E-state index is 12.4. The molecular formula is C18H18BrClN2O2. The monoisotopic (exact) mass is 408 g/mol. The first kappa shape index (κ1) is 17.1. The van der Waals surface area contributed by atoms with Crippen LogP contribution >= 0.6 is 27.5 Å². The van der Waals surface area contributed by atoms with Crippen molar-refractivity contribution in [1.29, 1.82) is 0 Å². The lowest BCUT2D eigenvalue weighted by molar-refractivity contribution is 0.0682. The summed E-state index contributed by atoms with van der Waals surface area (Å²) < 4.78 is 6.96. The summed E-state index contributed by atoms with van der Waals surface area (Å²) in [6.07, 6.45) is 0.685. The van der Waals surface area contributed by atoms with Crippen molar-refractivity contribution in [2.75, 3.05) is 5.32 Å². The Balaban J connectivity index is 1.77. The van der Waals surface area contributed by atoms with E-state index in [1.54, 1.807) is 24.3 Å². The number of hydrogen-bond donors (Lipinski definition) is 2. The number of carbonyl (C=O) groups is 1. The number of rotatable bonds is 2. The van der Waals surface area contributed by atoms with Gasteiger partial charge in [0, 0.05) is 27.2 Å². The Labute approximate surface area is 154 Å². The second-order valence-corrected chi connectivity index (χ2v) is 7.76. The molecule has 0 saturated heterocycles. The first-order chi connectivity index (χ1) is 11.3. The van der Waals surface area contributed by atoms with Crippen molar-refractivity contribution in [3.63, 3.8) is 0 Å². The van der Waals surface area contributed by atoms with E-state index in [9.17, 15) is 4.79 Å². The normalized spacial score (nSPS) is 18.2. The number of fused-ring (bicyclic) bond motifs is 1. The van der Waals surface area contributed by atoms with E-state index >= 15 is 0 Å². The zero-order valence-corrected chi connectivity index (χ0v) is 15.7. The number of hydrogen-bond acceptors (Lipinski definition) is 2. The summed E-state index contributed by atoms with van der Waals surface area (Å²) in [5.41, 5.74) is 1.31. The lowest BCUT2D eigenvalue weighted by Crippen LogP contribution is -2.42. The molecule has 1 heterocycles. The van der Waals surface area contributed by atoms with Crippen LogP contribution in [0.1, 0.15) is 31.9 Å². The number of ether oxygens (including phenoxy) is 1. The van der Waals surface area contributed by atoms with Crippen LogP contribution in [0.4, 0.5) is 10.5 Å². The third-order valence-electron chi connectivity index (χ3n) is 3.84. The van der Waals surface area contributed by atoms with Crippen molar-refractivity contribution >= 4 is 39.2 Å². The first-order valence-electron chi connectivity index (χ1n) is 7.64. The molecule has 0 spiro atoms. The van der Waals surface area contributed by atoms with Gasteiger partial charge in [0.25, 0.3) is 0 Å². The lowest BCUT2D eigenvalue weighted by Gasteiger charge is -2.38. The van der Waals surface area contributed by atoms with Crippen LogP contribution in [0.5, 0.6) is 5.75 Å². The fourth-order valence-corrected chi connectivity index (χ4v) is 3.32. The molecule has 0 saturated carbocycles. The predicted molar refractivity (Wildman–Crippen MR) is 99.8 cm³/mol. The highest BCUT2D eigenvalue weighted by molar-refractivity contribution is 9.10. The van der Waals surface area contributed by atoms with Crippen molar-refractivity contribution in [2.45, 2.75) is 31.9 Å². The van der Waals surface area contributed by atoms with Crippen molar-refractivity contribution in [2.24, 2.45) is 0 Å². The average molecular weight is 410 g/mol. The van der Waals surface area contributed by atoms with E-state index in [4.69, 9.17) is 16.3 Å². The van der Waals surface area contributed by atoms with Crippen LogP contribution < -0.4 is 15.4 Å². The summed E-state index contributed by atoms with van der Waals surface area (Å²) in [4.78, 5) is 12.4. The molecule has 0 bridgehead atoms. The molecule has 2 aromatic rings. The van der Waals surface area contributed by atoms with Gasteiger partial charge in [0.15, 0.2) is 0 Å². The maximum atomic E-state index is 12.4. The highest BCUT2D eigenvalue weighted by atomic mass is 79.9. The van der Waals surface area contributed by atoms with Gasteiger partial charge < -0.3 is 15.4 Å². The molecule has 0 fully saturated rings. The van der Waals surface area contributed by atoms with Gasteiger partial charge in [0.05, 0.1) is 6.04 Å². The molecule has 3 rings (SSSR count). The number of amides is 2. The van der Waals surface area contributed by atoms with Gasteiger partial charge in [-0.15, -0.1) is 0 Å². The summed E-state index contributed by atoms with van der Waals surface area (Å²) in [6, 6.07) is 12.5. The number of benzene rings is 2. The molecule has 0 radical (unpaired) electrons. The number of carbonyl (C=O) groups excluding carboxylic acids is 1. The first-order valence-corrected chi connectivity index (χ1v) is 8.81. The average Bonchev–Trinajstić information content (AvgIpc) is 2.49. The molecule has 4 nitrogen and oxygen atoms in total. The van der Waals surface area contributed by atoms with Crippen molar-refractivity contribution < 1.29 is 9.53 Å². The number of anilines is 1. The van der Waals surface area contributed by atoms with Crippen LogP contribution in [0.2, 0.25) is 5.02 Å². The van der Waals surface area contributed by atoms with E-state index in [2.05, 4.69) is 26.6 Å². The van der Waals surface area contributed by atoms with Crippen LogP contribution in [0.15, 0.2) is 46.9 Å². The SMILES string of the molecule is CC1(C)CC(NC(=O)Nc2ccc(Cl)cc2)c2cc(Br)ccc2O1. The van der Waals surface area contributed by atoms with Gasteiger partial charge in [-0.3, -0.25) is 0 Å². The fraction of sp³-hybridized carbons (Fsp3) is 0.278. The second kappa shape index (κ2) is 6.65. The minimum Gasteiger partial charge on any atom is -0.487 e. The summed E-state index contributed by atoms with van der Waals surface area (Å²) in [5, 5.41) is 6.50. The van der Waals surface area contributed by atoms with Crippen molar-refractivity contribution in [3.8, 4) is 5.75 Å². The van der Waals surface area contributed by atoms with Gasteiger partial charge in [0.1, 0.15) is 11.4 Å². The van der Waals surface area contributed by atoms with Gasteiger partial charge in [-0.05, 0) is 56.3 Å². The van der Waals surface area contributed by atoms with Crippen LogP contribution in [0, 0.1) is 0 Å². The third kappa shape index (κ3) is 4.02.